The molecule has 0 atom stereocenters. The van der Waals surface area contributed by atoms with Gasteiger partial charge in [0.05, 0.1) is 0 Å². The van der Waals surface area contributed by atoms with Crippen molar-refractivity contribution in [3.05, 3.63) is 145 Å². The van der Waals surface area contributed by atoms with E-state index in [1.807, 2.05) is 66.9 Å². The van der Waals surface area contributed by atoms with Crippen LogP contribution in [0.4, 0.5) is 0 Å². The number of aromatic nitrogens is 4. The van der Waals surface area contributed by atoms with Gasteiger partial charge < -0.3 is 0 Å². The van der Waals surface area contributed by atoms with Crippen molar-refractivity contribution in [2.75, 3.05) is 0 Å². The van der Waals surface area contributed by atoms with Gasteiger partial charge in [-0.3, -0.25) is 4.98 Å². The van der Waals surface area contributed by atoms with Crippen molar-refractivity contribution in [1.82, 2.24) is 19.9 Å². The van der Waals surface area contributed by atoms with Crippen molar-refractivity contribution in [1.29, 1.82) is 0 Å². The first kappa shape index (κ1) is 24.6. The van der Waals surface area contributed by atoms with Crippen molar-refractivity contribution in [2.24, 2.45) is 0 Å². The second-order valence-corrected chi connectivity index (χ2v) is 10.0. The van der Waals surface area contributed by atoms with E-state index in [1.165, 1.54) is 10.9 Å². The predicted octanol–water partition coefficient (Wildman–Crippen LogP) is 9.06. The van der Waals surface area contributed by atoms with Crippen LogP contribution < -0.4 is 0 Å². The molecule has 0 spiro atoms. The molecule has 0 N–H and O–H groups in total. The Balaban J connectivity index is 1.28. The summed E-state index contributed by atoms with van der Waals surface area (Å²) in [7, 11) is 0. The molecule has 0 aliphatic carbocycles. The third kappa shape index (κ3) is 4.88. The molecular formula is C37H26N4. The number of fused-ring (bicyclic) bond motifs is 1. The lowest BCUT2D eigenvalue weighted by atomic mass is 9.95. The lowest BCUT2D eigenvalue weighted by Crippen LogP contribution is -2.00. The van der Waals surface area contributed by atoms with Crippen molar-refractivity contribution >= 4 is 10.8 Å². The highest BCUT2D eigenvalue weighted by Gasteiger charge is 2.13. The summed E-state index contributed by atoms with van der Waals surface area (Å²) in [6, 6.07) is 45.6. The molecule has 0 amide bonds. The van der Waals surface area contributed by atoms with Gasteiger partial charge in [0.25, 0.3) is 0 Å². The van der Waals surface area contributed by atoms with Crippen LogP contribution in [-0.4, -0.2) is 19.9 Å². The molecular weight excluding hydrogens is 500 g/mol. The maximum atomic E-state index is 4.90. The minimum Gasteiger partial charge on any atom is -0.260 e. The van der Waals surface area contributed by atoms with Crippen LogP contribution in [0.15, 0.2) is 140 Å². The molecule has 2 aromatic heterocycles. The fourth-order valence-electron chi connectivity index (χ4n) is 5.23. The summed E-state index contributed by atoms with van der Waals surface area (Å²) in [6.07, 6.45) is 1.95. The third-order valence-electron chi connectivity index (χ3n) is 7.32. The van der Waals surface area contributed by atoms with E-state index in [2.05, 4.69) is 84.7 Å². The standard InChI is InChI=1S/C37H26N4/c1-25-34(33-18-9-8-15-32(33)24-38-25)27-21-19-26(20-22-27)30-16-10-17-31(23-30)37-40-35(28-11-4-2-5-12-28)39-36(41-37)29-13-6-3-7-14-29/h2-24H,1H3. The van der Waals surface area contributed by atoms with Crippen LogP contribution in [0.25, 0.3) is 67.2 Å². The van der Waals surface area contributed by atoms with Crippen LogP contribution in [0.1, 0.15) is 5.69 Å². The van der Waals surface area contributed by atoms with Crippen LogP contribution in [0.3, 0.4) is 0 Å². The summed E-state index contributed by atoms with van der Waals surface area (Å²) in [4.78, 5) is 19.3. The van der Waals surface area contributed by atoms with Gasteiger partial charge in [-0.2, -0.15) is 0 Å². The van der Waals surface area contributed by atoms with E-state index in [-0.39, 0.29) is 0 Å². The van der Waals surface area contributed by atoms with E-state index in [1.54, 1.807) is 0 Å². The molecule has 0 saturated carbocycles. The topological polar surface area (TPSA) is 51.6 Å². The SMILES string of the molecule is Cc1ncc2ccccc2c1-c1ccc(-c2cccc(-c3nc(-c4ccccc4)nc(-c4ccccc4)n3)c2)cc1. The summed E-state index contributed by atoms with van der Waals surface area (Å²) >= 11 is 0. The Hall–Kier alpha value is -5.48. The van der Waals surface area contributed by atoms with Crippen LogP contribution in [0.5, 0.6) is 0 Å². The molecule has 0 saturated heterocycles. The molecule has 2 heterocycles. The number of nitrogens with zero attached hydrogens (tertiary/aromatic N) is 4. The fourth-order valence-corrected chi connectivity index (χ4v) is 5.23. The number of hydrogen-bond acceptors (Lipinski definition) is 4. The minimum absolute atomic E-state index is 0.647. The molecule has 7 rings (SSSR count). The molecule has 0 radical (unpaired) electrons. The Bertz CT molecular complexity index is 1930. The lowest BCUT2D eigenvalue weighted by molar-refractivity contribution is 1.07. The van der Waals surface area contributed by atoms with E-state index in [9.17, 15) is 0 Å². The summed E-state index contributed by atoms with van der Waals surface area (Å²) in [5.74, 6) is 1.96. The zero-order valence-corrected chi connectivity index (χ0v) is 22.6. The molecule has 0 bridgehead atoms. The molecule has 0 aliphatic heterocycles. The van der Waals surface area contributed by atoms with Gasteiger partial charge in [0, 0.05) is 39.5 Å². The molecule has 0 unspecified atom stereocenters. The molecule has 0 fully saturated rings. The largest absolute Gasteiger partial charge is 0.260 e. The highest BCUT2D eigenvalue weighted by Crippen LogP contribution is 2.33. The number of benzene rings is 5. The van der Waals surface area contributed by atoms with Crippen molar-refractivity contribution in [3.63, 3.8) is 0 Å². The van der Waals surface area contributed by atoms with Gasteiger partial charge in [-0.25, -0.2) is 15.0 Å². The molecule has 0 aliphatic rings. The number of pyridine rings is 1. The number of aryl methyl sites for hydroxylation is 1. The second kappa shape index (κ2) is 10.6. The Kier molecular flexibility index (Phi) is 6.34. The molecule has 5 aromatic carbocycles. The van der Waals surface area contributed by atoms with E-state index in [0.717, 1.165) is 44.5 Å². The average molecular weight is 527 g/mol. The van der Waals surface area contributed by atoms with Crippen LogP contribution in [0.2, 0.25) is 0 Å². The van der Waals surface area contributed by atoms with Crippen molar-refractivity contribution in [3.8, 4) is 56.4 Å². The minimum atomic E-state index is 0.647. The van der Waals surface area contributed by atoms with Gasteiger partial charge in [-0.05, 0) is 35.1 Å². The Morgan fingerprint density at radius 3 is 1.59 bits per heavy atom. The van der Waals surface area contributed by atoms with E-state index in [0.29, 0.717) is 17.5 Å². The van der Waals surface area contributed by atoms with Gasteiger partial charge >= 0.3 is 0 Å². The zero-order valence-electron chi connectivity index (χ0n) is 22.6. The van der Waals surface area contributed by atoms with Crippen molar-refractivity contribution < 1.29 is 0 Å². The van der Waals surface area contributed by atoms with E-state index >= 15 is 0 Å². The first-order chi connectivity index (χ1) is 20.2. The second-order valence-electron chi connectivity index (χ2n) is 10.0. The van der Waals surface area contributed by atoms with Gasteiger partial charge in [-0.1, -0.05) is 127 Å². The average Bonchev–Trinajstić information content (AvgIpc) is 3.05. The maximum absolute atomic E-state index is 4.90. The smallest absolute Gasteiger partial charge is 0.164 e. The summed E-state index contributed by atoms with van der Waals surface area (Å²) < 4.78 is 0. The summed E-state index contributed by atoms with van der Waals surface area (Å²) in [6.45, 7) is 2.07. The summed E-state index contributed by atoms with van der Waals surface area (Å²) in [5, 5.41) is 2.36. The van der Waals surface area contributed by atoms with Crippen molar-refractivity contribution in [2.45, 2.75) is 6.92 Å². The van der Waals surface area contributed by atoms with E-state index < -0.39 is 0 Å². The van der Waals surface area contributed by atoms with Crippen LogP contribution in [0, 0.1) is 6.92 Å². The highest BCUT2D eigenvalue weighted by molar-refractivity contribution is 5.97. The Morgan fingerprint density at radius 2 is 0.927 bits per heavy atom. The Morgan fingerprint density at radius 1 is 0.415 bits per heavy atom. The van der Waals surface area contributed by atoms with Gasteiger partial charge in [0.2, 0.25) is 0 Å². The maximum Gasteiger partial charge on any atom is 0.164 e. The molecule has 4 heteroatoms. The zero-order chi connectivity index (χ0) is 27.6. The van der Waals surface area contributed by atoms with Crippen LogP contribution in [-0.2, 0) is 0 Å². The van der Waals surface area contributed by atoms with Crippen LogP contribution >= 0.6 is 0 Å². The predicted molar refractivity (Wildman–Crippen MR) is 167 cm³/mol. The molecule has 41 heavy (non-hydrogen) atoms. The van der Waals surface area contributed by atoms with E-state index in [4.69, 9.17) is 15.0 Å². The highest BCUT2D eigenvalue weighted by atomic mass is 15.0. The molecule has 7 aromatic rings. The quantitative estimate of drug-likeness (QED) is 0.224. The third-order valence-corrected chi connectivity index (χ3v) is 7.32. The molecule has 194 valence electrons. The van der Waals surface area contributed by atoms with Gasteiger partial charge in [0.1, 0.15) is 0 Å². The monoisotopic (exact) mass is 526 g/mol. The lowest BCUT2D eigenvalue weighted by Gasteiger charge is -2.12. The van der Waals surface area contributed by atoms with Gasteiger partial charge in [-0.15, -0.1) is 0 Å². The summed E-state index contributed by atoms with van der Waals surface area (Å²) in [5.41, 5.74) is 8.44. The normalized spacial score (nSPS) is 11.0. The van der Waals surface area contributed by atoms with Gasteiger partial charge in [0.15, 0.2) is 17.5 Å². The first-order valence-electron chi connectivity index (χ1n) is 13.7. The first-order valence-corrected chi connectivity index (χ1v) is 13.7. The molecule has 4 nitrogen and oxygen atoms in total. The Labute approximate surface area is 239 Å². The number of hydrogen-bond donors (Lipinski definition) is 0. The fraction of sp³-hybridized carbons (Fsp3) is 0.0270. The number of rotatable bonds is 5.